The standard InChI is InChI=1S/C14H24N4OS.2ClH/c1-11(13(19)17-14-16-7-10-20-14)18-8-4-12(5-9-18)3-6-15-2;;/h7,10-12,15H,3-6,8-9H2,1-2H3,(H,16,17,19);2*1H. The van der Waals surface area contributed by atoms with Crippen molar-refractivity contribution in [2.24, 2.45) is 5.92 Å². The van der Waals surface area contributed by atoms with Crippen molar-refractivity contribution >= 4 is 47.2 Å². The van der Waals surface area contributed by atoms with Gasteiger partial charge >= 0.3 is 0 Å². The average Bonchev–Trinajstić information content (AvgIpc) is 2.97. The van der Waals surface area contributed by atoms with Crippen molar-refractivity contribution < 1.29 is 4.79 Å². The van der Waals surface area contributed by atoms with E-state index in [-0.39, 0.29) is 36.8 Å². The predicted octanol–water partition coefficient (Wildman–Crippen LogP) is 2.64. The van der Waals surface area contributed by atoms with Gasteiger partial charge in [0.15, 0.2) is 5.13 Å². The molecule has 1 amide bonds. The van der Waals surface area contributed by atoms with Crippen molar-refractivity contribution in [2.45, 2.75) is 32.2 Å². The summed E-state index contributed by atoms with van der Waals surface area (Å²) >= 11 is 1.46. The first kappa shape index (κ1) is 21.6. The van der Waals surface area contributed by atoms with Crippen LogP contribution in [0.25, 0.3) is 0 Å². The number of carbonyl (C=O) groups is 1. The number of likely N-dealkylation sites (tertiary alicyclic amines) is 1. The molecule has 1 aliphatic heterocycles. The summed E-state index contributed by atoms with van der Waals surface area (Å²) in [6.07, 6.45) is 5.33. The number of thiazole rings is 1. The molecule has 1 fully saturated rings. The summed E-state index contributed by atoms with van der Waals surface area (Å²) in [6, 6.07) is -0.0795. The second-order valence-corrected chi connectivity index (χ2v) is 6.27. The zero-order chi connectivity index (χ0) is 14.4. The molecular weight excluding hydrogens is 343 g/mol. The molecule has 0 aliphatic carbocycles. The Kier molecular flexibility index (Phi) is 11.0. The van der Waals surface area contributed by atoms with E-state index in [0.29, 0.717) is 5.13 Å². The molecule has 2 heterocycles. The molecule has 8 heteroatoms. The third-order valence-corrected chi connectivity index (χ3v) is 4.73. The van der Waals surface area contributed by atoms with Crippen LogP contribution in [0.4, 0.5) is 5.13 Å². The summed E-state index contributed by atoms with van der Waals surface area (Å²) in [5, 5.41) is 8.64. The van der Waals surface area contributed by atoms with Gasteiger partial charge in [-0.15, -0.1) is 36.2 Å². The Morgan fingerprint density at radius 2 is 2.14 bits per heavy atom. The van der Waals surface area contributed by atoms with Gasteiger partial charge in [0, 0.05) is 11.6 Å². The second-order valence-electron chi connectivity index (χ2n) is 5.37. The van der Waals surface area contributed by atoms with Gasteiger partial charge in [-0.1, -0.05) is 0 Å². The number of hydrogen-bond donors (Lipinski definition) is 2. The highest BCUT2D eigenvalue weighted by molar-refractivity contribution is 7.13. The lowest BCUT2D eigenvalue weighted by molar-refractivity contribution is -0.121. The number of anilines is 1. The number of halogens is 2. The molecule has 1 atom stereocenters. The lowest BCUT2D eigenvalue weighted by Crippen LogP contribution is -2.46. The Morgan fingerprint density at radius 1 is 1.45 bits per heavy atom. The number of piperidine rings is 1. The number of hydrogen-bond acceptors (Lipinski definition) is 5. The van der Waals surface area contributed by atoms with E-state index in [4.69, 9.17) is 0 Å². The fraction of sp³-hybridized carbons (Fsp3) is 0.714. The van der Waals surface area contributed by atoms with E-state index in [2.05, 4.69) is 20.5 Å². The molecule has 1 aliphatic rings. The molecule has 1 unspecified atom stereocenters. The highest BCUT2D eigenvalue weighted by atomic mass is 35.5. The summed E-state index contributed by atoms with van der Waals surface area (Å²) in [6.45, 7) is 5.10. The van der Waals surface area contributed by atoms with Crippen molar-refractivity contribution in [3.8, 4) is 0 Å². The topological polar surface area (TPSA) is 57.3 Å². The summed E-state index contributed by atoms with van der Waals surface area (Å²) in [5.41, 5.74) is 0. The van der Waals surface area contributed by atoms with Crippen LogP contribution in [0.5, 0.6) is 0 Å². The normalized spacial score (nSPS) is 17.2. The number of rotatable bonds is 6. The van der Waals surface area contributed by atoms with E-state index >= 15 is 0 Å². The van der Waals surface area contributed by atoms with Crippen LogP contribution >= 0.6 is 36.2 Å². The molecule has 0 radical (unpaired) electrons. The van der Waals surface area contributed by atoms with E-state index < -0.39 is 0 Å². The molecule has 2 rings (SSSR count). The van der Waals surface area contributed by atoms with Crippen LogP contribution < -0.4 is 10.6 Å². The molecule has 1 aromatic heterocycles. The van der Waals surface area contributed by atoms with Crippen LogP contribution in [-0.4, -0.2) is 48.5 Å². The molecule has 1 saturated heterocycles. The van der Waals surface area contributed by atoms with Gasteiger partial charge < -0.3 is 10.6 Å². The minimum atomic E-state index is -0.0795. The van der Waals surface area contributed by atoms with Crippen LogP contribution in [0.15, 0.2) is 11.6 Å². The van der Waals surface area contributed by atoms with Crippen LogP contribution in [0.1, 0.15) is 26.2 Å². The fourth-order valence-corrected chi connectivity index (χ4v) is 3.17. The van der Waals surface area contributed by atoms with Gasteiger partial charge in [0.05, 0.1) is 6.04 Å². The van der Waals surface area contributed by atoms with E-state index in [1.54, 1.807) is 6.20 Å². The van der Waals surface area contributed by atoms with Crippen molar-refractivity contribution in [3.05, 3.63) is 11.6 Å². The van der Waals surface area contributed by atoms with E-state index in [9.17, 15) is 4.79 Å². The molecule has 5 nitrogen and oxygen atoms in total. The molecule has 1 aromatic rings. The largest absolute Gasteiger partial charge is 0.320 e. The van der Waals surface area contributed by atoms with Gasteiger partial charge in [-0.25, -0.2) is 4.98 Å². The Bertz CT molecular complexity index is 411. The van der Waals surface area contributed by atoms with Crippen LogP contribution in [-0.2, 0) is 4.79 Å². The first-order valence-electron chi connectivity index (χ1n) is 7.29. The smallest absolute Gasteiger partial charge is 0.243 e. The minimum Gasteiger partial charge on any atom is -0.320 e. The quantitative estimate of drug-likeness (QED) is 0.810. The number of nitrogens with one attached hydrogen (secondary N) is 2. The molecular formula is C14H26Cl2N4OS. The van der Waals surface area contributed by atoms with Gasteiger partial charge in [-0.2, -0.15) is 0 Å². The second kappa shape index (κ2) is 11.2. The van der Waals surface area contributed by atoms with Crippen LogP contribution in [0.3, 0.4) is 0 Å². The lowest BCUT2D eigenvalue weighted by Gasteiger charge is -2.35. The maximum absolute atomic E-state index is 12.2. The maximum atomic E-state index is 12.2. The number of aromatic nitrogens is 1. The predicted molar refractivity (Wildman–Crippen MR) is 97.5 cm³/mol. The van der Waals surface area contributed by atoms with Crippen molar-refractivity contribution in [1.29, 1.82) is 0 Å². The van der Waals surface area contributed by atoms with Crippen molar-refractivity contribution in [2.75, 3.05) is 32.0 Å². The maximum Gasteiger partial charge on any atom is 0.243 e. The highest BCUT2D eigenvalue weighted by Crippen LogP contribution is 2.22. The van der Waals surface area contributed by atoms with Gasteiger partial charge in [0.25, 0.3) is 0 Å². The number of amides is 1. The highest BCUT2D eigenvalue weighted by Gasteiger charge is 2.26. The Hall–Kier alpha value is -0.400. The summed E-state index contributed by atoms with van der Waals surface area (Å²) in [5.74, 6) is 0.849. The van der Waals surface area contributed by atoms with Gasteiger partial charge in [-0.05, 0) is 58.8 Å². The molecule has 0 aromatic carbocycles. The molecule has 22 heavy (non-hydrogen) atoms. The first-order valence-corrected chi connectivity index (χ1v) is 8.17. The van der Waals surface area contributed by atoms with Crippen molar-refractivity contribution in [1.82, 2.24) is 15.2 Å². The first-order chi connectivity index (χ1) is 9.70. The monoisotopic (exact) mass is 368 g/mol. The van der Waals surface area contributed by atoms with Gasteiger partial charge in [-0.3, -0.25) is 9.69 Å². The zero-order valence-corrected chi connectivity index (χ0v) is 15.5. The number of nitrogens with zero attached hydrogens (tertiary/aromatic N) is 2. The number of carbonyl (C=O) groups excluding carboxylic acids is 1. The Labute approximate surface area is 149 Å². The zero-order valence-electron chi connectivity index (χ0n) is 13.1. The molecule has 0 bridgehead atoms. The van der Waals surface area contributed by atoms with E-state index in [1.165, 1.54) is 30.6 Å². The fourth-order valence-electron chi connectivity index (χ4n) is 2.64. The average molecular weight is 369 g/mol. The molecule has 0 spiro atoms. The van der Waals surface area contributed by atoms with E-state index in [1.807, 2.05) is 19.4 Å². The van der Waals surface area contributed by atoms with Gasteiger partial charge in [0.1, 0.15) is 0 Å². The Morgan fingerprint density at radius 3 is 2.68 bits per heavy atom. The molecule has 2 N–H and O–H groups in total. The summed E-state index contributed by atoms with van der Waals surface area (Å²) < 4.78 is 0. The Balaban J connectivity index is 0.00000220. The van der Waals surface area contributed by atoms with Crippen LogP contribution in [0, 0.1) is 5.92 Å². The minimum absolute atomic E-state index is 0. The summed E-state index contributed by atoms with van der Waals surface area (Å²) in [7, 11) is 2.00. The third-order valence-electron chi connectivity index (χ3n) is 4.04. The summed E-state index contributed by atoms with van der Waals surface area (Å²) in [4.78, 5) is 18.5. The SMILES string of the molecule is CNCCC1CCN(C(C)C(=O)Nc2nccs2)CC1.Cl.Cl. The van der Waals surface area contributed by atoms with Crippen LogP contribution in [0.2, 0.25) is 0 Å². The third kappa shape index (κ3) is 6.38. The van der Waals surface area contributed by atoms with E-state index in [0.717, 1.165) is 25.6 Å². The van der Waals surface area contributed by atoms with Crippen molar-refractivity contribution in [3.63, 3.8) is 0 Å². The molecule has 128 valence electrons. The molecule has 0 saturated carbocycles. The van der Waals surface area contributed by atoms with Gasteiger partial charge in [0.2, 0.25) is 5.91 Å². The lowest BCUT2D eigenvalue weighted by atomic mass is 9.93.